The lowest BCUT2D eigenvalue weighted by atomic mass is 9.92. The van der Waals surface area contributed by atoms with Gasteiger partial charge in [-0.05, 0) is 89.7 Å². The Kier molecular flexibility index (Phi) is 11.3. The highest BCUT2D eigenvalue weighted by Gasteiger charge is 2.30. The average molecular weight is 572 g/mol. The molecule has 3 aromatic rings. The van der Waals surface area contributed by atoms with Crippen LogP contribution in [0.3, 0.4) is 0 Å². The second-order valence-corrected chi connectivity index (χ2v) is 11.2. The van der Waals surface area contributed by atoms with Crippen molar-refractivity contribution in [2.75, 3.05) is 18.1 Å². The van der Waals surface area contributed by atoms with Crippen molar-refractivity contribution in [3.63, 3.8) is 0 Å². The molecule has 2 aromatic heterocycles. The number of nitrogens with one attached hydrogen (secondary N) is 1. The Morgan fingerprint density at radius 2 is 2.02 bits per heavy atom. The highest BCUT2D eigenvalue weighted by atomic mass is 31.0. The Hall–Kier alpha value is -3.23. The van der Waals surface area contributed by atoms with Gasteiger partial charge in [0, 0.05) is 37.1 Å². The molecule has 1 aliphatic rings. The number of piperidine rings is 1. The van der Waals surface area contributed by atoms with E-state index < -0.39 is 5.66 Å². The third kappa shape index (κ3) is 8.89. The highest BCUT2D eigenvalue weighted by Crippen LogP contribution is 2.32. The summed E-state index contributed by atoms with van der Waals surface area (Å²) < 4.78 is 28.3. The van der Waals surface area contributed by atoms with E-state index in [0.29, 0.717) is 18.1 Å². The quantitative estimate of drug-likeness (QED) is 0.146. The van der Waals surface area contributed by atoms with Gasteiger partial charge in [0.05, 0.1) is 11.9 Å². The van der Waals surface area contributed by atoms with Crippen LogP contribution in [0.2, 0.25) is 0 Å². The fraction of sp³-hybridized carbons (Fsp3) is 0.448. The first-order chi connectivity index (χ1) is 19.0. The number of nitrogens with zero attached hydrogens (tertiary/aromatic N) is 6. The van der Waals surface area contributed by atoms with Crippen LogP contribution < -0.4 is 10.3 Å². The minimum absolute atomic E-state index is 0.147. The normalized spacial score (nSPS) is 15.7. The molecule has 1 aromatic carbocycles. The summed E-state index contributed by atoms with van der Waals surface area (Å²) in [7, 11) is 1.63. The SMILES string of the molecule is C=NN(/C(=C\CC1CCN(C(C)CC(F)(F)P)CC1)NC=O)c1ccc(C)cc1C.Cc1cnn2cccnc12. The summed E-state index contributed by atoms with van der Waals surface area (Å²) in [6, 6.07) is 7.72. The Balaban J connectivity index is 0.000000364. The van der Waals surface area contributed by atoms with Crippen molar-refractivity contribution in [1.82, 2.24) is 24.8 Å². The van der Waals surface area contributed by atoms with Crippen LogP contribution in [0.15, 0.2) is 59.9 Å². The van der Waals surface area contributed by atoms with E-state index >= 15 is 0 Å². The molecule has 1 fully saturated rings. The van der Waals surface area contributed by atoms with Gasteiger partial charge in [0.15, 0.2) is 5.65 Å². The number of likely N-dealkylation sites (tertiary alicyclic amines) is 1. The number of allylic oxidation sites excluding steroid dienone is 1. The van der Waals surface area contributed by atoms with Crippen molar-refractivity contribution in [2.24, 2.45) is 11.0 Å². The summed E-state index contributed by atoms with van der Waals surface area (Å²) in [5.41, 5.74) is 2.37. The van der Waals surface area contributed by atoms with Crippen molar-refractivity contribution in [1.29, 1.82) is 0 Å². The fourth-order valence-corrected chi connectivity index (χ4v) is 5.31. The standard InChI is InChI=1S/C22H33F2N4OP.C7H7N3/c1-16-5-7-20(17(2)13-16)28(25-4)21(26-15-29)8-6-19-9-11-27(12-10-19)18(3)14-22(23,24)30;1-6-5-9-10-4-2-3-8-7(6)10/h5,7-8,13,15,18-19H,4,6,9-12,14,30H2,1-3H3,(H,26,29);2-5H,1H3/b21-8-;. The van der Waals surface area contributed by atoms with Gasteiger partial charge in [-0.1, -0.05) is 26.9 Å². The molecular formula is C29H40F2N7OP. The molecular weight excluding hydrogens is 531 g/mol. The molecule has 40 heavy (non-hydrogen) atoms. The van der Waals surface area contributed by atoms with E-state index in [1.165, 1.54) is 0 Å². The predicted molar refractivity (Wildman–Crippen MR) is 161 cm³/mol. The van der Waals surface area contributed by atoms with Gasteiger partial charge in [0.25, 0.3) is 5.66 Å². The molecule has 8 nitrogen and oxygen atoms in total. The van der Waals surface area contributed by atoms with Gasteiger partial charge in [-0.2, -0.15) is 10.2 Å². The number of hydrogen-bond donors (Lipinski definition) is 1. The zero-order chi connectivity index (χ0) is 29.3. The van der Waals surface area contributed by atoms with Crippen LogP contribution in [0.1, 0.15) is 49.3 Å². The summed E-state index contributed by atoms with van der Waals surface area (Å²) in [6.07, 6.45) is 10.6. The molecule has 2 atom stereocenters. The molecule has 1 aliphatic heterocycles. The number of aryl methyl sites for hydroxylation is 3. The summed E-state index contributed by atoms with van der Waals surface area (Å²) in [6.45, 7) is 13.1. The molecule has 0 bridgehead atoms. The number of fused-ring (bicyclic) bond motifs is 1. The molecule has 4 rings (SSSR count). The maximum absolute atomic E-state index is 13.3. The predicted octanol–water partition coefficient (Wildman–Crippen LogP) is 5.70. The maximum Gasteiger partial charge on any atom is 0.260 e. The van der Waals surface area contributed by atoms with Gasteiger partial charge < -0.3 is 10.2 Å². The molecule has 216 valence electrons. The monoisotopic (exact) mass is 571 g/mol. The van der Waals surface area contributed by atoms with Crippen LogP contribution in [-0.4, -0.2) is 57.4 Å². The van der Waals surface area contributed by atoms with Crippen LogP contribution in [0, 0.1) is 26.7 Å². The molecule has 0 aliphatic carbocycles. The molecule has 1 N–H and O–H groups in total. The van der Waals surface area contributed by atoms with E-state index in [9.17, 15) is 13.6 Å². The maximum atomic E-state index is 13.3. The lowest BCUT2D eigenvalue weighted by Crippen LogP contribution is -2.41. The van der Waals surface area contributed by atoms with Crippen molar-refractivity contribution in [3.05, 3.63) is 71.4 Å². The van der Waals surface area contributed by atoms with E-state index in [0.717, 1.165) is 60.4 Å². The molecule has 0 saturated carbocycles. The highest BCUT2D eigenvalue weighted by molar-refractivity contribution is 7.18. The first kappa shape index (κ1) is 31.3. The lowest BCUT2D eigenvalue weighted by molar-refractivity contribution is -0.109. The number of alkyl halides is 2. The number of carbonyl (C=O) groups excluding carboxylic acids is 1. The third-order valence-electron chi connectivity index (χ3n) is 7.10. The second-order valence-electron chi connectivity index (χ2n) is 10.3. The van der Waals surface area contributed by atoms with Gasteiger partial charge in [0.1, 0.15) is 5.82 Å². The molecule has 1 saturated heterocycles. The van der Waals surface area contributed by atoms with E-state index in [1.807, 2.05) is 64.4 Å². The summed E-state index contributed by atoms with van der Waals surface area (Å²) >= 11 is 0. The lowest BCUT2D eigenvalue weighted by Gasteiger charge is -2.36. The van der Waals surface area contributed by atoms with E-state index in [-0.39, 0.29) is 12.5 Å². The number of aromatic nitrogens is 3. The number of halogens is 2. The van der Waals surface area contributed by atoms with E-state index in [2.05, 4.69) is 38.2 Å². The number of carbonyl (C=O) groups is 1. The van der Waals surface area contributed by atoms with Crippen molar-refractivity contribution >= 4 is 33.7 Å². The fourth-order valence-electron chi connectivity index (χ4n) is 4.97. The number of hydrazone groups is 1. The van der Waals surface area contributed by atoms with Crippen molar-refractivity contribution in [2.45, 2.75) is 65.1 Å². The Labute approximate surface area is 237 Å². The van der Waals surface area contributed by atoms with Crippen LogP contribution in [0.25, 0.3) is 5.65 Å². The number of benzene rings is 1. The minimum atomic E-state index is -2.72. The second kappa shape index (κ2) is 14.4. The van der Waals surface area contributed by atoms with E-state index in [1.54, 1.807) is 25.0 Å². The third-order valence-corrected chi connectivity index (χ3v) is 7.33. The zero-order valence-electron chi connectivity index (χ0n) is 23.7. The minimum Gasteiger partial charge on any atom is -0.314 e. The van der Waals surface area contributed by atoms with Gasteiger partial charge in [0.2, 0.25) is 6.41 Å². The molecule has 11 heteroatoms. The first-order valence-electron chi connectivity index (χ1n) is 13.4. The topological polar surface area (TPSA) is 78.1 Å². The average Bonchev–Trinajstić information content (AvgIpc) is 3.29. The number of anilines is 1. The Morgan fingerprint density at radius 3 is 2.62 bits per heavy atom. The molecule has 2 unspecified atom stereocenters. The van der Waals surface area contributed by atoms with E-state index in [4.69, 9.17) is 0 Å². The summed E-state index contributed by atoms with van der Waals surface area (Å²) in [4.78, 5) is 17.5. The van der Waals surface area contributed by atoms with Gasteiger partial charge >= 0.3 is 0 Å². The first-order valence-corrected chi connectivity index (χ1v) is 14.0. The molecule has 0 radical (unpaired) electrons. The van der Waals surface area contributed by atoms with Crippen LogP contribution in [0.4, 0.5) is 14.5 Å². The molecule has 1 amide bonds. The Morgan fingerprint density at radius 1 is 1.30 bits per heavy atom. The van der Waals surface area contributed by atoms with Crippen LogP contribution in [0.5, 0.6) is 0 Å². The smallest absolute Gasteiger partial charge is 0.260 e. The molecule has 3 heterocycles. The van der Waals surface area contributed by atoms with Crippen LogP contribution in [-0.2, 0) is 4.79 Å². The van der Waals surface area contributed by atoms with Gasteiger partial charge in [-0.3, -0.25) is 4.79 Å². The van der Waals surface area contributed by atoms with Gasteiger partial charge in [-0.15, -0.1) is 0 Å². The van der Waals surface area contributed by atoms with Crippen LogP contribution >= 0.6 is 9.24 Å². The zero-order valence-corrected chi connectivity index (χ0v) is 24.9. The number of hydrogen-bond acceptors (Lipinski definition) is 6. The number of amides is 1. The largest absolute Gasteiger partial charge is 0.314 e. The Bertz CT molecular complexity index is 1300. The van der Waals surface area contributed by atoms with Crippen molar-refractivity contribution in [3.8, 4) is 0 Å². The summed E-state index contributed by atoms with van der Waals surface area (Å²) in [5, 5.41) is 12.6. The summed E-state index contributed by atoms with van der Waals surface area (Å²) in [5.74, 6) is 1.00. The number of rotatable bonds is 10. The van der Waals surface area contributed by atoms with Crippen molar-refractivity contribution < 1.29 is 13.6 Å². The van der Waals surface area contributed by atoms with Gasteiger partial charge in [-0.25, -0.2) is 23.3 Å². The molecule has 0 spiro atoms.